The first-order valence-corrected chi connectivity index (χ1v) is 14.3. The molecule has 1 fully saturated rings. The van der Waals surface area contributed by atoms with Crippen molar-refractivity contribution in [2.75, 3.05) is 4.90 Å². The highest BCUT2D eigenvalue weighted by molar-refractivity contribution is 7.99. The van der Waals surface area contributed by atoms with Gasteiger partial charge in [-0.25, -0.2) is 0 Å². The highest BCUT2D eigenvalue weighted by Gasteiger charge is 2.42. The molecule has 43 heavy (non-hydrogen) atoms. The van der Waals surface area contributed by atoms with Gasteiger partial charge in [0.05, 0.1) is 22.2 Å². The smallest absolute Gasteiger partial charge is 0.351 e. The molecular formula is C31H22F3N5O2S2. The maximum atomic E-state index is 13.6. The highest BCUT2D eigenvalue weighted by atomic mass is 32.2. The van der Waals surface area contributed by atoms with Gasteiger partial charge >= 0.3 is 6.18 Å². The summed E-state index contributed by atoms with van der Waals surface area (Å²) < 4.78 is 42.4. The molecule has 1 saturated heterocycles. The van der Waals surface area contributed by atoms with E-state index >= 15 is 0 Å². The molecule has 5 aromatic rings. The van der Waals surface area contributed by atoms with Gasteiger partial charge in [0.25, 0.3) is 5.69 Å². The molecule has 2 atom stereocenters. The molecule has 2 aromatic heterocycles. The number of nitro benzene ring substituents is 1. The molecule has 1 aliphatic rings. The number of non-ortho nitro benzene ring substituents is 1. The van der Waals surface area contributed by atoms with Gasteiger partial charge in [-0.3, -0.25) is 15.1 Å². The normalized spacial score (nSPS) is 16.7. The fraction of sp³-hybridized carbons (Fsp3) is 0.0968. The van der Waals surface area contributed by atoms with Gasteiger partial charge in [-0.1, -0.05) is 23.9 Å². The van der Waals surface area contributed by atoms with Gasteiger partial charge in [0.15, 0.2) is 5.11 Å². The average Bonchev–Trinajstić information content (AvgIpc) is 3.62. The van der Waals surface area contributed by atoms with Crippen LogP contribution in [0.4, 0.5) is 24.5 Å². The second-order valence-electron chi connectivity index (χ2n) is 9.69. The summed E-state index contributed by atoms with van der Waals surface area (Å²) in [5.41, 5.74) is 1.92. The predicted octanol–water partition coefficient (Wildman–Crippen LogP) is 8.13. The Hall–Kier alpha value is -4.68. The van der Waals surface area contributed by atoms with Crippen molar-refractivity contribution in [3.05, 3.63) is 143 Å². The summed E-state index contributed by atoms with van der Waals surface area (Å²) in [4.78, 5) is 18.8. The summed E-state index contributed by atoms with van der Waals surface area (Å²) in [6.45, 7) is 0. The molecule has 1 aliphatic heterocycles. The second kappa shape index (κ2) is 11.5. The lowest BCUT2D eigenvalue weighted by Crippen LogP contribution is -2.30. The molecule has 0 spiro atoms. The number of anilines is 1. The number of benzene rings is 3. The van der Waals surface area contributed by atoms with Crippen LogP contribution in [-0.4, -0.2) is 19.6 Å². The van der Waals surface area contributed by atoms with E-state index in [0.717, 1.165) is 39.0 Å². The summed E-state index contributed by atoms with van der Waals surface area (Å²) in [6, 6.07) is 27.7. The predicted molar refractivity (Wildman–Crippen MR) is 162 cm³/mol. The molecule has 0 saturated carbocycles. The Bertz CT molecular complexity index is 1780. The van der Waals surface area contributed by atoms with E-state index in [1.54, 1.807) is 41.2 Å². The number of thiocarbonyl (C=S) groups is 1. The van der Waals surface area contributed by atoms with Gasteiger partial charge in [-0.2, -0.15) is 13.2 Å². The van der Waals surface area contributed by atoms with Crippen LogP contribution in [0.25, 0.3) is 5.69 Å². The zero-order chi connectivity index (χ0) is 30.1. The fourth-order valence-electron chi connectivity index (χ4n) is 5.08. The number of hydrogen-bond acceptors (Lipinski definition) is 5. The van der Waals surface area contributed by atoms with Crippen molar-refractivity contribution in [2.45, 2.75) is 28.1 Å². The third-order valence-electron chi connectivity index (χ3n) is 7.03. The monoisotopic (exact) mass is 617 g/mol. The molecule has 0 amide bonds. The average molecular weight is 618 g/mol. The van der Waals surface area contributed by atoms with Crippen LogP contribution in [0, 0.1) is 10.1 Å². The molecule has 0 unspecified atom stereocenters. The maximum Gasteiger partial charge on any atom is 0.416 e. The van der Waals surface area contributed by atoms with Crippen molar-refractivity contribution in [3.8, 4) is 5.69 Å². The lowest BCUT2D eigenvalue weighted by atomic mass is 10.0. The number of rotatable bonds is 7. The molecule has 3 aromatic carbocycles. The molecule has 3 heterocycles. The summed E-state index contributed by atoms with van der Waals surface area (Å²) >= 11 is 7.28. The van der Waals surface area contributed by atoms with E-state index in [4.69, 9.17) is 12.2 Å². The van der Waals surface area contributed by atoms with Crippen LogP contribution >= 0.6 is 24.0 Å². The first-order chi connectivity index (χ1) is 20.7. The third-order valence-corrected chi connectivity index (χ3v) is 8.36. The maximum absolute atomic E-state index is 13.6. The van der Waals surface area contributed by atoms with Crippen LogP contribution < -0.4 is 10.2 Å². The van der Waals surface area contributed by atoms with Crippen LogP contribution in [-0.2, 0) is 6.18 Å². The largest absolute Gasteiger partial charge is 0.416 e. The van der Waals surface area contributed by atoms with E-state index in [9.17, 15) is 23.3 Å². The number of halogens is 3. The minimum atomic E-state index is -4.48. The van der Waals surface area contributed by atoms with Gasteiger partial charge < -0.3 is 14.8 Å². The van der Waals surface area contributed by atoms with Crippen molar-refractivity contribution >= 4 is 40.5 Å². The van der Waals surface area contributed by atoms with Crippen molar-refractivity contribution < 1.29 is 18.1 Å². The minimum Gasteiger partial charge on any atom is -0.351 e. The van der Waals surface area contributed by atoms with Crippen LogP contribution in [0.2, 0.25) is 0 Å². The Morgan fingerprint density at radius 2 is 1.60 bits per heavy atom. The topological polar surface area (TPSA) is 76.2 Å². The number of nitro groups is 1. The zero-order valence-electron chi connectivity index (χ0n) is 22.2. The molecule has 12 heteroatoms. The van der Waals surface area contributed by atoms with E-state index in [2.05, 4.69) is 10.3 Å². The third kappa shape index (κ3) is 5.84. The van der Waals surface area contributed by atoms with Gasteiger partial charge in [-0.05, 0) is 91.1 Å². The highest BCUT2D eigenvalue weighted by Crippen LogP contribution is 2.43. The minimum absolute atomic E-state index is 0.0260. The molecule has 1 N–H and O–H groups in total. The van der Waals surface area contributed by atoms with Crippen LogP contribution in [0.5, 0.6) is 0 Å². The van der Waals surface area contributed by atoms with E-state index in [0.29, 0.717) is 10.8 Å². The summed E-state index contributed by atoms with van der Waals surface area (Å²) in [7, 11) is 0. The van der Waals surface area contributed by atoms with E-state index < -0.39 is 22.7 Å². The Balaban J connectivity index is 1.37. The van der Waals surface area contributed by atoms with E-state index in [-0.39, 0.29) is 11.7 Å². The summed E-state index contributed by atoms with van der Waals surface area (Å²) in [5, 5.41) is 14.8. The van der Waals surface area contributed by atoms with Crippen molar-refractivity contribution in [2.24, 2.45) is 0 Å². The molecular weight excluding hydrogens is 596 g/mol. The Labute approximate surface area is 254 Å². The van der Waals surface area contributed by atoms with Gasteiger partial charge in [0.2, 0.25) is 0 Å². The fourth-order valence-corrected chi connectivity index (χ4v) is 6.24. The van der Waals surface area contributed by atoms with Crippen LogP contribution in [0.1, 0.15) is 29.0 Å². The van der Waals surface area contributed by atoms with Gasteiger partial charge in [0.1, 0.15) is 6.04 Å². The van der Waals surface area contributed by atoms with Crippen molar-refractivity contribution in [3.63, 3.8) is 0 Å². The first kappa shape index (κ1) is 28.4. The Kier molecular flexibility index (Phi) is 7.63. The zero-order valence-corrected chi connectivity index (χ0v) is 23.8. The number of nitrogens with zero attached hydrogens (tertiary/aromatic N) is 4. The Morgan fingerprint density at radius 3 is 2.26 bits per heavy atom. The van der Waals surface area contributed by atoms with Gasteiger partial charge in [-0.15, -0.1) is 0 Å². The van der Waals surface area contributed by atoms with E-state index in [1.807, 2.05) is 53.4 Å². The van der Waals surface area contributed by atoms with Crippen molar-refractivity contribution in [1.82, 2.24) is 14.9 Å². The summed E-state index contributed by atoms with van der Waals surface area (Å²) in [6.07, 6.45) is -1.05. The van der Waals surface area contributed by atoms with Gasteiger partial charge in [0, 0.05) is 51.4 Å². The quantitative estimate of drug-likeness (QED) is 0.112. The molecule has 0 bridgehead atoms. The van der Waals surface area contributed by atoms with Crippen LogP contribution in [0.15, 0.2) is 125 Å². The molecule has 0 aliphatic carbocycles. The number of aromatic nitrogens is 2. The van der Waals surface area contributed by atoms with Crippen molar-refractivity contribution in [1.29, 1.82) is 0 Å². The standard InChI is InChI=1S/C31H22F3N5O2S2/c32-31(33,34)20-5-3-6-23(19-20)37-18-4-8-27(37)29-28(26-7-1-2-17-35-26)36-30(42)38(29)21-9-13-24(14-10-21)43-25-15-11-22(12-16-25)39(40)41/h1-19,28-29H,(H,36,42)/t28-,29+/m1/s1. The summed E-state index contributed by atoms with van der Waals surface area (Å²) in [5.74, 6) is 0. The van der Waals surface area contributed by atoms with Crippen LogP contribution in [0.3, 0.4) is 0 Å². The van der Waals surface area contributed by atoms with E-state index in [1.165, 1.54) is 30.0 Å². The molecule has 6 rings (SSSR count). The number of alkyl halides is 3. The number of nitrogens with one attached hydrogen (secondary N) is 1. The molecule has 216 valence electrons. The molecule has 0 radical (unpaired) electrons. The lowest BCUT2D eigenvalue weighted by molar-refractivity contribution is -0.384. The lowest BCUT2D eigenvalue weighted by Gasteiger charge is -2.29. The second-order valence-corrected chi connectivity index (χ2v) is 11.2. The number of hydrogen-bond donors (Lipinski definition) is 1. The number of pyridine rings is 1. The first-order valence-electron chi connectivity index (χ1n) is 13.1. The molecule has 7 nitrogen and oxygen atoms in total. The Morgan fingerprint density at radius 1 is 0.884 bits per heavy atom. The SMILES string of the molecule is O=[N+]([O-])c1ccc(Sc2ccc(N3C(=S)N[C@H](c4ccccn4)[C@@H]3c3cccn3-c3cccc(C(F)(F)F)c3)cc2)cc1.